The van der Waals surface area contributed by atoms with Crippen LogP contribution in [0.3, 0.4) is 0 Å². The molecule has 3 aromatic rings. The molecule has 1 aromatic carbocycles. The van der Waals surface area contributed by atoms with Crippen molar-refractivity contribution in [2.24, 2.45) is 0 Å². The highest BCUT2D eigenvalue weighted by Gasteiger charge is 2.37. The molecule has 158 valence electrons. The van der Waals surface area contributed by atoms with E-state index in [4.69, 9.17) is 11.6 Å². The Kier molecular flexibility index (Phi) is 5.50. The number of carbonyl (C=O) groups is 1. The first kappa shape index (κ1) is 21.6. The molecule has 1 N–H and O–H groups in total. The highest BCUT2D eigenvalue weighted by molar-refractivity contribution is 6.29. The summed E-state index contributed by atoms with van der Waals surface area (Å²) in [4.78, 5) is 28.8. The number of nitrogens with zero attached hydrogens (tertiary/aromatic N) is 2. The molecule has 2 heterocycles. The molecule has 0 spiro atoms. The fourth-order valence-electron chi connectivity index (χ4n) is 2.63. The summed E-state index contributed by atoms with van der Waals surface area (Å²) >= 11 is 5.78. The lowest BCUT2D eigenvalue weighted by atomic mass is 10.1. The molecular weight excluding hydrogens is 440 g/mol. The van der Waals surface area contributed by atoms with Crippen molar-refractivity contribution in [2.45, 2.75) is 19.1 Å². The van der Waals surface area contributed by atoms with Crippen LogP contribution in [0.25, 0.3) is 16.7 Å². The van der Waals surface area contributed by atoms with Crippen LogP contribution in [-0.2, 0) is 0 Å². The number of alkyl halides is 3. The minimum Gasteiger partial charge on any atom is -0.340 e. The summed E-state index contributed by atoms with van der Waals surface area (Å²) in [5.74, 6) is -5.48. The lowest BCUT2D eigenvalue weighted by Gasteiger charge is -2.18. The first-order chi connectivity index (χ1) is 13.9. The molecule has 0 saturated carbocycles. The summed E-state index contributed by atoms with van der Waals surface area (Å²) in [7, 11) is 0. The Morgan fingerprint density at radius 1 is 1.17 bits per heavy atom. The van der Waals surface area contributed by atoms with E-state index >= 15 is 0 Å². The van der Waals surface area contributed by atoms with E-state index in [-0.39, 0.29) is 10.5 Å². The quantitative estimate of drug-likeness (QED) is 0.483. The van der Waals surface area contributed by atoms with Gasteiger partial charge in [0, 0.05) is 18.3 Å². The Hall–Kier alpha value is -3.08. The lowest BCUT2D eigenvalue weighted by Crippen LogP contribution is -2.44. The van der Waals surface area contributed by atoms with Gasteiger partial charge >= 0.3 is 6.18 Å². The maximum Gasteiger partial charge on any atom is 0.408 e. The second-order valence-corrected chi connectivity index (χ2v) is 6.59. The van der Waals surface area contributed by atoms with E-state index in [0.717, 1.165) is 12.1 Å². The van der Waals surface area contributed by atoms with Gasteiger partial charge in [0.2, 0.25) is 5.43 Å². The van der Waals surface area contributed by atoms with Crippen LogP contribution in [0, 0.1) is 17.5 Å². The normalized spacial score (nSPS) is 12.8. The Morgan fingerprint density at radius 3 is 2.33 bits per heavy atom. The molecule has 1 amide bonds. The maximum atomic E-state index is 14.3. The zero-order valence-corrected chi connectivity index (χ0v) is 15.6. The molecule has 0 radical (unpaired) electrons. The minimum atomic E-state index is -4.80. The number of fused-ring (bicyclic) bond motifs is 1. The number of rotatable bonds is 3. The van der Waals surface area contributed by atoms with Gasteiger partial charge in [0.25, 0.3) is 5.91 Å². The van der Waals surface area contributed by atoms with Crippen LogP contribution in [0.4, 0.5) is 26.3 Å². The summed E-state index contributed by atoms with van der Waals surface area (Å²) in [5.41, 5.74) is -3.18. The Balaban J connectivity index is 2.30. The van der Waals surface area contributed by atoms with Crippen molar-refractivity contribution in [2.75, 3.05) is 0 Å². The van der Waals surface area contributed by atoms with Crippen molar-refractivity contribution in [1.29, 1.82) is 0 Å². The Morgan fingerprint density at radius 2 is 1.77 bits per heavy atom. The second-order valence-electron chi connectivity index (χ2n) is 6.20. The number of hydrogen-bond donors (Lipinski definition) is 1. The molecule has 5 nitrogen and oxygen atoms in total. The van der Waals surface area contributed by atoms with Gasteiger partial charge in [-0.25, -0.2) is 18.2 Å². The van der Waals surface area contributed by atoms with Crippen molar-refractivity contribution in [3.63, 3.8) is 0 Å². The van der Waals surface area contributed by atoms with Crippen molar-refractivity contribution in [1.82, 2.24) is 14.9 Å². The molecule has 2 aromatic heterocycles. The van der Waals surface area contributed by atoms with Crippen LogP contribution < -0.4 is 10.7 Å². The zero-order chi connectivity index (χ0) is 22.4. The number of nitrogens with one attached hydrogen (secondary N) is 1. The molecule has 0 bridgehead atoms. The van der Waals surface area contributed by atoms with Gasteiger partial charge in [-0.3, -0.25) is 14.2 Å². The summed E-state index contributed by atoms with van der Waals surface area (Å²) < 4.78 is 80.8. The van der Waals surface area contributed by atoms with E-state index in [9.17, 15) is 35.9 Å². The van der Waals surface area contributed by atoms with Gasteiger partial charge in [0.15, 0.2) is 11.6 Å². The van der Waals surface area contributed by atoms with E-state index in [1.54, 1.807) is 5.32 Å². The maximum absolute atomic E-state index is 14.3. The minimum absolute atomic E-state index is 0.179. The van der Waals surface area contributed by atoms with Gasteiger partial charge in [-0.2, -0.15) is 13.2 Å². The summed E-state index contributed by atoms with van der Waals surface area (Å²) in [5, 5.41) is 1.07. The predicted molar refractivity (Wildman–Crippen MR) is 95.2 cm³/mol. The molecule has 0 saturated heterocycles. The number of amides is 1. The Labute approximate surface area is 168 Å². The first-order valence-corrected chi connectivity index (χ1v) is 8.52. The average molecular weight is 450 g/mol. The van der Waals surface area contributed by atoms with E-state index in [1.165, 1.54) is 0 Å². The zero-order valence-electron chi connectivity index (χ0n) is 14.8. The van der Waals surface area contributed by atoms with Crippen LogP contribution in [0.5, 0.6) is 0 Å². The molecule has 0 fully saturated rings. The van der Waals surface area contributed by atoms with Gasteiger partial charge in [0.05, 0.1) is 5.39 Å². The van der Waals surface area contributed by atoms with Crippen molar-refractivity contribution < 1.29 is 31.1 Å². The number of benzene rings is 1. The van der Waals surface area contributed by atoms with Crippen LogP contribution in [0.15, 0.2) is 35.3 Å². The van der Waals surface area contributed by atoms with Gasteiger partial charge in [-0.1, -0.05) is 11.6 Å². The fourth-order valence-corrected chi connectivity index (χ4v) is 2.78. The number of aromatic nitrogens is 2. The molecule has 1 unspecified atom stereocenters. The fraction of sp³-hybridized carbons (Fsp3) is 0.167. The molecule has 0 aliphatic carbocycles. The van der Waals surface area contributed by atoms with E-state index in [0.29, 0.717) is 29.8 Å². The standard InChI is InChI=1S/C18H10ClF6N3O2/c1-7(18(23,24)25)26-17(30)10-6-28(14-11(21)4-8(20)5-12(14)22)16-9(15(10)29)2-3-13(19)27-16/h2-7H,1H3,(H,26,30). The smallest absolute Gasteiger partial charge is 0.340 e. The van der Waals surface area contributed by atoms with Crippen molar-refractivity contribution in [3.05, 3.63) is 68.9 Å². The number of hydrogen-bond acceptors (Lipinski definition) is 3. The highest BCUT2D eigenvalue weighted by Crippen LogP contribution is 2.24. The molecular formula is C18H10ClF6N3O2. The third-order valence-corrected chi connectivity index (χ3v) is 4.33. The van der Waals surface area contributed by atoms with Gasteiger partial charge in [-0.05, 0) is 19.1 Å². The predicted octanol–water partition coefficient (Wildman–Crippen LogP) is 4.14. The van der Waals surface area contributed by atoms with E-state index in [1.807, 2.05) is 0 Å². The summed E-state index contributed by atoms with van der Waals surface area (Å²) in [6, 6.07) is 0.618. The average Bonchev–Trinajstić information content (AvgIpc) is 2.61. The largest absolute Gasteiger partial charge is 0.408 e. The van der Waals surface area contributed by atoms with Crippen molar-refractivity contribution in [3.8, 4) is 5.69 Å². The van der Waals surface area contributed by atoms with Crippen LogP contribution in [0.2, 0.25) is 5.15 Å². The SMILES string of the molecule is CC(NC(=O)c1cn(-c2c(F)cc(F)cc2F)c2nc(Cl)ccc2c1=O)C(F)(F)F. The molecule has 1 atom stereocenters. The van der Waals surface area contributed by atoms with Gasteiger partial charge < -0.3 is 5.32 Å². The van der Waals surface area contributed by atoms with Crippen LogP contribution >= 0.6 is 11.6 Å². The third-order valence-electron chi connectivity index (χ3n) is 4.12. The van der Waals surface area contributed by atoms with E-state index < -0.39 is 57.9 Å². The van der Waals surface area contributed by atoms with Gasteiger partial charge in [-0.15, -0.1) is 0 Å². The van der Waals surface area contributed by atoms with Gasteiger partial charge in [0.1, 0.15) is 33.9 Å². The number of carbonyl (C=O) groups excluding carboxylic acids is 1. The summed E-state index contributed by atoms with van der Waals surface area (Å²) in [6.45, 7) is 0.651. The lowest BCUT2D eigenvalue weighted by molar-refractivity contribution is -0.149. The third kappa shape index (κ3) is 3.97. The molecule has 0 aliphatic rings. The molecule has 30 heavy (non-hydrogen) atoms. The topological polar surface area (TPSA) is 64.0 Å². The van der Waals surface area contributed by atoms with Crippen molar-refractivity contribution >= 4 is 28.5 Å². The molecule has 12 heteroatoms. The van der Waals surface area contributed by atoms with Crippen LogP contribution in [0.1, 0.15) is 17.3 Å². The second kappa shape index (κ2) is 7.63. The summed E-state index contributed by atoms with van der Waals surface area (Å²) in [6.07, 6.45) is -4.18. The number of halogens is 7. The molecule has 3 rings (SSSR count). The Bertz CT molecular complexity index is 1200. The monoisotopic (exact) mass is 449 g/mol. The van der Waals surface area contributed by atoms with E-state index in [2.05, 4.69) is 4.98 Å². The first-order valence-electron chi connectivity index (χ1n) is 8.14. The van der Waals surface area contributed by atoms with Crippen LogP contribution in [-0.4, -0.2) is 27.7 Å². The number of pyridine rings is 2. The molecule has 0 aliphatic heterocycles. The highest BCUT2D eigenvalue weighted by atomic mass is 35.5.